The van der Waals surface area contributed by atoms with E-state index in [2.05, 4.69) is 10.3 Å². The Morgan fingerprint density at radius 2 is 1.65 bits per heavy atom. The molecule has 1 heterocycles. The van der Waals surface area contributed by atoms with Gasteiger partial charge in [0.1, 0.15) is 5.69 Å². The number of rotatable bonds is 10. The van der Waals surface area contributed by atoms with Crippen LogP contribution in [0.1, 0.15) is 58.4 Å². The van der Waals surface area contributed by atoms with E-state index in [1.807, 2.05) is 0 Å². The Bertz CT molecular complexity index is 1180. The van der Waals surface area contributed by atoms with E-state index in [9.17, 15) is 22.8 Å². The molecule has 0 aliphatic heterocycles. The summed E-state index contributed by atoms with van der Waals surface area (Å²) in [5.74, 6) is -2.00. The Morgan fingerprint density at radius 1 is 1.00 bits per heavy atom. The third kappa shape index (κ3) is 5.84. The van der Waals surface area contributed by atoms with E-state index in [1.165, 1.54) is 10.4 Å². The summed E-state index contributed by atoms with van der Waals surface area (Å²) >= 11 is 0. The van der Waals surface area contributed by atoms with Crippen molar-refractivity contribution >= 4 is 33.6 Å². The third-order valence-corrected chi connectivity index (χ3v) is 7.44. The van der Waals surface area contributed by atoms with Crippen LogP contribution in [0.25, 0.3) is 0 Å². The van der Waals surface area contributed by atoms with Gasteiger partial charge in [-0.25, -0.2) is 18.0 Å². The highest BCUT2D eigenvalue weighted by Crippen LogP contribution is 2.24. The van der Waals surface area contributed by atoms with Crippen LogP contribution in [0.2, 0.25) is 0 Å². The van der Waals surface area contributed by atoms with Crippen LogP contribution in [0.5, 0.6) is 0 Å². The van der Waals surface area contributed by atoms with Crippen molar-refractivity contribution in [1.29, 1.82) is 0 Å². The van der Waals surface area contributed by atoms with Crippen molar-refractivity contribution in [3.63, 3.8) is 0 Å². The molecule has 10 nitrogen and oxygen atoms in total. The number of hydrogen-bond donors (Lipinski definition) is 2. The Kier molecular flexibility index (Phi) is 9.00. The summed E-state index contributed by atoms with van der Waals surface area (Å²) < 4.78 is 37.2. The maximum absolute atomic E-state index is 12.9. The van der Waals surface area contributed by atoms with Crippen molar-refractivity contribution in [2.45, 2.75) is 46.4 Å². The summed E-state index contributed by atoms with van der Waals surface area (Å²) in [6, 6.07) is 4.55. The molecule has 0 unspecified atom stereocenters. The van der Waals surface area contributed by atoms with E-state index in [1.54, 1.807) is 53.7 Å². The minimum Gasteiger partial charge on any atom is -0.461 e. The minimum atomic E-state index is -3.72. The number of H-pyrrole nitrogens is 1. The van der Waals surface area contributed by atoms with E-state index in [4.69, 9.17) is 9.47 Å². The molecule has 0 saturated carbocycles. The average molecular weight is 494 g/mol. The number of esters is 2. The summed E-state index contributed by atoms with van der Waals surface area (Å²) in [5, 5.41) is 2.55. The molecular weight excluding hydrogens is 462 g/mol. The number of aryl methyl sites for hydroxylation is 2. The van der Waals surface area contributed by atoms with Crippen LogP contribution in [-0.4, -0.2) is 61.9 Å². The number of aromatic amines is 1. The number of carbonyl (C=O) groups is 3. The van der Waals surface area contributed by atoms with Crippen molar-refractivity contribution in [2.75, 3.05) is 31.6 Å². The Balaban J connectivity index is 2.12. The molecule has 0 radical (unpaired) electrons. The van der Waals surface area contributed by atoms with E-state index >= 15 is 0 Å². The zero-order valence-corrected chi connectivity index (χ0v) is 21.1. The topological polar surface area (TPSA) is 135 Å². The molecule has 0 fully saturated rings. The summed E-state index contributed by atoms with van der Waals surface area (Å²) in [4.78, 5) is 39.8. The van der Waals surface area contributed by atoms with E-state index < -0.39 is 34.5 Å². The van der Waals surface area contributed by atoms with E-state index in [-0.39, 0.29) is 28.4 Å². The number of ether oxygens (including phenoxy) is 2. The molecule has 1 aromatic carbocycles. The normalized spacial score (nSPS) is 11.4. The number of sulfonamides is 1. The lowest BCUT2D eigenvalue weighted by molar-refractivity contribution is -0.119. The number of carbonyl (C=O) groups excluding carboxylic acids is 3. The van der Waals surface area contributed by atoms with Gasteiger partial charge < -0.3 is 19.8 Å². The molecule has 0 aliphatic rings. The Labute approximate surface area is 199 Å². The lowest BCUT2D eigenvalue weighted by atomic mass is 10.1. The molecule has 2 N–H and O–H groups in total. The molecule has 2 aromatic rings. The van der Waals surface area contributed by atoms with Gasteiger partial charge in [-0.3, -0.25) is 4.79 Å². The number of hydrogen-bond acceptors (Lipinski definition) is 7. The predicted molar refractivity (Wildman–Crippen MR) is 126 cm³/mol. The average Bonchev–Trinajstić information content (AvgIpc) is 3.08. The highest BCUT2D eigenvalue weighted by Gasteiger charge is 2.25. The van der Waals surface area contributed by atoms with Crippen LogP contribution < -0.4 is 5.32 Å². The molecule has 2 rings (SSSR count). The van der Waals surface area contributed by atoms with Crippen LogP contribution in [0.15, 0.2) is 23.1 Å². The SMILES string of the molecule is CCOC(=O)c1[nH]c(C)c(C(=O)OCC(=O)Nc2ccc(C)c(S(=O)(=O)N(CC)CC)c2)c1C. The highest BCUT2D eigenvalue weighted by atomic mass is 32.2. The summed E-state index contributed by atoms with van der Waals surface area (Å²) in [5.41, 5.74) is 1.89. The largest absolute Gasteiger partial charge is 0.461 e. The van der Waals surface area contributed by atoms with Gasteiger partial charge in [-0.1, -0.05) is 19.9 Å². The maximum atomic E-state index is 12.9. The van der Waals surface area contributed by atoms with Gasteiger partial charge in [0.05, 0.1) is 17.1 Å². The van der Waals surface area contributed by atoms with Gasteiger partial charge in [-0.15, -0.1) is 0 Å². The first-order valence-corrected chi connectivity index (χ1v) is 12.4. The lowest BCUT2D eigenvalue weighted by Gasteiger charge is -2.20. The fraction of sp³-hybridized carbons (Fsp3) is 0.435. The lowest BCUT2D eigenvalue weighted by Crippen LogP contribution is -2.31. The van der Waals surface area contributed by atoms with E-state index in [0.29, 0.717) is 29.9 Å². The van der Waals surface area contributed by atoms with Crippen molar-refractivity contribution in [3.05, 3.63) is 46.3 Å². The van der Waals surface area contributed by atoms with Crippen molar-refractivity contribution in [3.8, 4) is 0 Å². The molecule has 0 bridgehead atoms. The van der Waals surface area contributed by atoms with Crippen molar-refractivity contribution in [2.24, 2.45) is 0 Å². The second kappa shape index (κ2) is 11.3. The molecular formula is C23H31N3O7S. The van der Waals surface area contributed by atoms with Gasteiger partial charge in [0, 0.05) is 24.5 Å². The second-order valence-corrected chi connectivity index (χ2v) is 9.45. The fourth-order valence-corrected chi connectivity index (χ4v) is 5.23. The van der Waals surface area contributed by atoms with Gasteiger partial charge in [0.25, 0.3) is 5.91 Å². The predicted octanol–water partition coefficient (Wildman–Crippen LogP) is 2.94. The molecule has 1 aromatic heterocycles. The molecule has 34 heavy (non-hydrogen) atoms. The van der Waals surface area contributed by atoms with Crippen LogP contribution in [-0.2, 0) is 24.3 Å². The fourth-order valence-electron chi connectivity index (χ4n) is 3.52. The van der Waals surface area contributed by atoms with Gasteiger partial charge in [0.2, 0.25) is 10.0 Å². The van der Waals surface area contributed by atoms with Crippen molar-refractivity contribution in [1.82, 2.24) is 9.29 Å². The standard InChI is InChI=1S/C23H31N3O7S/c1-7-26(8-2)34(30,31)18-12-17(11-10-14(18)4)25-19(27)13-33-22(28)20-15(5)21(24-16(20)6)23(29)32-9-3/h10-12,24H,7-9,13H2,1-6H3,(H,25,27). The highest BCUT2D eigenvalue weighted by molar-refractivity contribution is 7.89. The second-order valence-electron chi connectivity index (χ2n) is 7.54. The Morgan fingerprint density at radius 3 is 2.24 bits per heavy atom. The summed E-state index contributed by atoms with van der Waals surface area (Å²) in [7, 11) is -3.72. The zero-order valence-electron chi connectivity index (χ0n) is 20.3. The van der Waals surface area contributed by atoms with Gasteiger partial charge in [0.15, 0.2) is 6.61 Å². The first kappa shape index (κ1) is 27.1. The van der Waals surface area contributed by atoms with Crippen LogP contribution in [0.3, 0.4) is 0 Å². The first-order valence-electron chi connectivity index (χ1n) is 10.9. The van der Waals surface area contributed by atoms with Crippen LogP contribution >= 0.6 is 0 Å². The number of benzene rings is 1. The smallest absolute Gasteiger partial charge is 0.355 e. The quantitative estimate of drug-likeness (QED) is 0.486. The van der Waals surface area contributed by atoms with Gasteiger partial charge in [-0.2, -0.15) is 4.31 Å². The summed E-state index contributed by atoms with van der Waals surface area (Å²) in [6.07, 6.45) is 0. The van der Waals surface area contributed by atoms with E-state index in [0.717, 1.165) is 0 Å². The number of aromatic nitrogens is 1. The molecule has 186 valence electrons. The molecule has 1 amide bonds. The third-order valence-electron chi connectivity index (χ3n) is 5.25. The molecule has 0 spiro atoms. The summed E-state index contributed by atoms with van der Waals surface area (Å²) in [6.45, 7) is 10.3. The maximum Gasteiger partial charge on any atom is 0.355 e. The van der Waals surface area contributed by atoms with Gasteiger partial charge in [-0.05, 0) is 51.0 Å². The number of anilines is 1. The van der Waals surface area contributed by atoms with Crippen LogP contribution in [0, 0.1) is 20.8 Å². The molecule has 0 aliphatic carbocycles. The minimum absolute atomic E-state index is 0.0936. The zero-order chi connectivity index (χ0) is 25.6. The van der Waals surface area contributed by atoms with Gasteiger partial charge >= 0.3 is 11.9 Å². The van der Waals surface area contributed by atoms with Crippen LogP contribution in [0.4, 0.5) is 5.69 Å². The first-order chi connectivity index (χ1) is 16.0. The number of amides is 1. The number of nitrogens with one attached hydrogen (secondary N) is 2. The monoisotopic (exact) mass is 493 g/mol. The number of nitrogens with zero attached hydrogens (tertiary/aromatic N) is 1. The molecule has 11 heteroatoms. The Hall–Kier alpha value is -3.18. The molecule has 0 atom stereocenters. The van der Waals surface area contributed by atoms with Crippen molar-refractivity contribution < 1.29 is 32.3 Å². The molecule has 0 saturated heterocycles.